The van der Waals surface area contributed by atoms with Crippen LogP contribution in [0.3, 0.4) is 0 Å². The molecule has 0 aliphatic rings. The Morgan fingerprint density at radius 1 is 0.358 bits per heavy atom. The van der Waals surface area contributed by atoms with E-state index in [1.54, 1.807) is 6.07 Å². The minimum Gasteiger partial charge on any atom is -0.309 e. The van der Waals surface area contributed by atoms with E-state index in [2.05, 4.69) is 42.5 Å². The van der Waals surface area contributed by atoms with Crippen LogP contribution in [0.2, 0.25) is 0 Å². The number of benzene rings is 8. The highest BCUT2D eigenvalue weighted by atomic mass is 15.0. The summed E-state index contributed by atoms with van der Waals surface area (Å²) in [7, 11) is 0. The SMILES string of the molecule is [2H]c1c([2H])c([2H])c2c(c1[2H])c1c([2H])c([2H])c([2H])c([2H])c1n2-c1cc(-c2ccccc2)cc(-c2nc(-c3ccccc3)nc(-c3cccc(-c4ccc5ccccc5c4)c3)n2)c1. The molecule has 0 amide bonds. The smallest absolute Gasteiger partial charge is 0.164 e. The standard InChI is InChI=1S/C49H32N4/c1-3-14-33(15-4-1)40-30-41(32-42(31-40)53-45-24-11-9-22-43(45)44-23-10-12-25-46(44)53)49-51-47(35-17-5-2-6-18-35)50-48(52-49)39-21-13-20-37(29-39)38-27-26-34-16-7-8-19-36(34)28-38/h1-32H/i9D,10D,11D,12D,22D,23D,24D,25D. The largest absolute Gasteiger partial charge is 0.309 e. The first-order valence-electron chi connectivity index (χ1n) is 21.2. The van der Waals surface area contributed by atoms with Crippen molar-refractivity contribution >= 4 is 32.6 Å². The molecule has 4 heteroatoms. The van der Waals surface area contributed by atoms with Crippen LogP contribution in [0.15, 0.2) is 194 Å². The topological polar surface area (TPSA) is 43.6 Å². The van der Waals surface area contributed by atoms with E-state index in [0.29, 0.717) is 34.3 Å². The van der Waals surface area contributed by atoms with Crippen LogP contribution in [0.25, 0.3) is 94.7 Å². The fourth-order valence-corrected chi connectivity index (χ4v) is 6.90. The predicted molar refractivity (Wildman–Crippen MR) is 219 cm³/mol. The van der Waals surface area contributed by atoms with Gasteiger partial charge in [-0.3, -0.25) is 0 Å². The minimum absolute atomic E-state index is 0.000212. The molecule has 0 aliphatic carbocycles. The van der Waals surface area contributed by atoms with Crippen LogP contribution in [-0.4, -0.2) is 19.5 Å². The van der Waals surface area contributed by atoms with E-state index >= 15 is 0 Å². The second-order valence-electron chi connectivity index (χ2n) is 12.7. The quantitative estimate of drug-likeness (QED) is 0.175. The van der Waals surface area contributed by atoms with Gasteiger partial charge in [0.1, 0.15) is 0 Å². The molecule has 2 heterocycles. The van der Waals surface area contributed by atoms with E-state index in [0.717, 1.165) is 38.6 Å². The normalized spacial score (nSPS) is 13.5. The summed E-state index contributed by atoms with van der Waals surface area (Å²) in [6.07, 6.45) is 0. The lowest BCUT2D eigenvalue weighted by atomic mass is 9.99. The molecule has 0 radical (unpaired) electrons. The Hall–Kier alpha value is -7.17. The zero-order valence-corrected chi connectivity index (χ0v) is 28.1. The second kappa shape index (κ2) is 12.9. The second-order valence-corrected chi connectivity index (χ2v) is 12.7. The van der Waals surface area contributed by atoms with Gasteiger partial charge in [-0.2, -0.15) is 0 Å². The van der Waals surface area contributed by atoms with E-state index in [4.69, 9.17) is 25.9 Å². The molecule has 0 spiro atoms. The molecule has 53 heavy (non-hydrogen) atoms. The predicted octanol–water partition coefficient (Wildman–Crippen LogP) is 12.5. The maximum atomic E-state index is 9.14. The molecule has 0 saturated carbocycles. The minimum atomic E-state index is -0.501. The monoisotopic (exact) mass is 684 g/mol. The average Bonchev–Trinajstić information content (AvgIpc) is 3.68. The summed E-state index contributed by atoms with van der Waals surface area (Å²) in [5.41, 5.74) is 6.08. The summed E-state index contributed by atoms with van der Waals surface area (Å²) in [5.74, 6) is 1.19. The highest BCUT2D eigenvalue weighted by molar-refractivity contribution is 6.09. The fraction of sp³-hybridized carbons (Fsp3) is 0. The molecule has 4 nitrogen and oxygen atoms in total. The molecule has 8 aromatic carbocycles. The summed E-state index contributed by atoms with van der Waals surface area (Å²) in [6, 6.07) is 43.9. The van der Waals surface area contributed by atoms with Crippen LogP contribution < -0.4 is 0 Å². The van der Waals surface area contributed by atoms with E-state index < -0.39 is 36.3 Å². The van der Waals surface area contributed by atoms with Gasteiger partial charge in [-0.05, 0) is 75.4 Å². The lowest BCUT2D eigenvalue weighted by Gasteiger charge is -2.14. The Kier molecular flexibility index (Phi) is 5.66. The number of aromatic nitrogens is 4. The van der Waals surface area contributed by atoms with Crippen LogP contribution in [0.4, 0.5) is 0 Å². The van der Waals surface area contributed by atoms with Gasteiger partial charge >= 0.3 is 0 Å². The number of nitrogens with zero attached hydrogens (tertiary/aromatic N) is 4. The summed E-state index contributed by atoms with van der Waals surface area (Å²) in [5, 5.41) is 2.28. The van der Waals surface area contributed by atoms with Crippen LogP contribution in [0, 0.1) is 0 Å². The van der Waals surface area contributed by atoms with Crippen LogP contribution in [0.1, 0.15) is 11.0 Å². The molecule has 0 atom stereocenters. The molecule has 2 aromatic heterocycles. The first-order chi connectivity index (χ1) is 29.6. The fourth-order valence-electron chi connectivity index (χ4n) is 6.90. The maximum Gasteiger partial charge on any atom is 0.164 e. The molecule has 10 aromatic rings. The van der Waals surface area contributed by atoms with Gasteiger partial charge in [0, 0.05) is 33.2 Å². The van der Waals surface area contributed by atoms with Crippen molar-refractivity contribution in [2.45, 2.75) is 0 Å². The number of fused-ring (bicyclic) bond motifs is 4. The molecule has 0 unspecified atom stereocenters. The van der Waals surface area contributed by atoms with Crippen molar-refractivity contribution in [1.29, 1.82) is 0 Å². The van der Waals surface area contributed by atoms with Crippen molar-refractivity contribution in [3.8, 4) is 62.1 Å². The molecule has 0 saturated heterocycles. The van der Waals surface area contributed by atoms with Gasteiger partial charge < -0.3 is 4.57 Å². The van der Waals surface area contributed by atoms with Gasteiger partial charge in [-0.15, -0.1) is 0 Å². The molecule has 0 aliphatic heterocycles. The van der Waals surface area contributed by atoms with Crippen molar-refractivity contribution in [1.82, 2.24) is 19.5 Å². The van der Waals surface area contributed by atoms with E-state index in [1.165, 1.54) is 4.57 Å². The summed E-state index contributed by atoms with van der Waals surface area (Å²) in [4.78, 5) is 15.1. The number of hydrogen-bond acceptors (Lipinski definition) is 3. The Morgan fingerprint density at radius 2 is 0.868 bits per heavy atom. The highest BCUT2D eigenvalue weighted by Gasteiger charge is 2.18. The summed E-state index contributed by atoms with van der Waals surface area (Å²) >= 11 is 0. The Morgan fingerprint density at radius 3 is 1.58 bits per heavy atom. The Balaban J connectivity index is 1.26. The van der Waals surface area contributed by atoms with Gasteiger partial charge in [0.2, 0.25) is 0 Å². The van der Waals surface area contributed by atoms with Crippen molar-refractivity contribution in [2.75, 3.05) is 0 Å². The van der Waals surface area contributed by atoms with E-state index in [-0.39, 0.29) is 33.9 Å². The summed E-state index contributed by atoms with van der Waals surface area (Å²) in [6.45, 7) is 0. The van der Waals surface area contributed by atoms with Gasteiger partial charge in [0.05, 0.1) is 22.0 Å². The van der Waals surface area contributed by atoms with Crippen molar-refractivity contribution in [3.05, 3.63) is 194 Å². The highest BCUT2D eigenvalue weighted by Crippen LogP contribution is 2.36. The molecule has 248 valence electrons. The first kappa shape index (κ1) is 23.3. The molecule has 10 rings (SSSR count). The molecule has 0 bridgehead atoms. The average molecular weight is 685 g/mol. The lowest BCUT2D eigenvalue weighted by molar-refractivity contribution is 1.07. The molecular weight excluding hydrogens is 645 g/mol. The van der Waals surface area contributed by atoms with Gasteiger partial charge in [-0.1, -0.05) is 152 Å². The number of para-hydroxylation sites is 2. The van der Waals surface area contributed by atoms with Crippen LogP contribution >= 0.6 is 0 Å². The van der Waals surface area contributed by atoms with Gasteiger partial charge in [0.25, 0.3) is 0 Å². The number of hydrogen-bond donors (Lipinski definition) is 0. The van der Waals surface area contributed by atoms with Crippen molar-refractivity contribution < 1.29 is 11.0 Å². The Bertz CT molecular complexity index is 3330. The van der Waals surface area contributed by atoms with E-state index in [1.807, 2.05) is 97.1 Å². The first-order valence-corrected chi connectivity index (χ1v) is 17.2. The lowest BCUT2D eigenvalue weighted by Crippen LogP contribution is -2.02. The molecule has 0 fully saturated rings. The zero-order chi connectivity index (χ0) is 42.1. The molecular formula is C49H32N4. The number of rotatable bonds is 6. The van der Waals surface area contributed by atoms with Crippen molar-refractivity contribution in [2.24, 2.45) is 0 Å². The van der Waals surface area contributed by atoms with Gasteiger partial charge in [-0.25, -0.2) is 15.0 Å². The third-order valence-electron chi connectivity index (χ3n) is 9.44. The summed E-state index contributed by atoms with van der Waals surface area (Å²) < 4.78 is 72.1. The van der Waals surface area contributed by atoms with Gasteiger partial charge in [0.15, 0.2) is 17.5 Å². The van der Waals surface area contributed by atoms with Crippen LogP contribution in [-0.2, 0) is 0 Å². The third-order valence-corrected chi connectivity index (χ3v) is 9.44. The van der Waals surface area contributed by atoms with E-state index in [9.17, 15) is 0 Å². The Labute approximate surface area is 318 Å². The van der Waals surface area contributed by atoms with Crippen molar-refractivity contribution in [3.63, 3.8) is 0 Å². The zero-order valence-electron chi connectivity index (χ0n) is 36.1. The van der Waals surface area contributed by atoms with Crippen LogP contribution in [0.5, 0.6) is 0 Å². The maximum absolute atomic E-state index is 9.14. The third kappa shape index (κ3) is 5.63. The molecule has 0 N–H and O–H groups in total.